The van der Waals surface area contributed by atoms with Crippen LogP contribution in [0.4, 0.5) is 0 Å². The number of benzene rings is 1. The predicted octanol–water partition coefficient (Wildman–Crippen LogP) is 1.45. The fraction of sp³-hybridized carbons (Fsp3) is 0.364. The highest BCUT2D eigenvalue weighted by Gasteiger charge is 2.05. The maximum Gasteiger partial charge on any atom is 0.335 e. The normalized spacial score (nSPS) is 10.0. The zero-order valence-corrected chi connectivity index (χ0v) is 8.56. The van der Waals surface area contributed by atoms with Crippen LogP contribution in [0.2, 0.25) is 0 Å². The van der Waals surface area contributed by atoms with E-state index >= 15 is 0 Å². The van der Waals surface area contributed by atoms with Gasteiger partial charge in [-0.2, -0.15) is 0 Å². The van der Waals surface area contributed by atoms with Crippen molar-refractivity contribution in [3.8, 4) is 5.75 Å². The molecule has 0 heterocycles. The number of aromatic carboxylic acids is 1. The molecule has 2 N–H and O–H groups in total. The SMILES string of the molecule is Cc1cc(C(=O)O)ccc1OCCCO. The number of hydrogen-bond donors (Lipinski definition) is 2. The molecule has 1 aromatic rings. The Morgan fingerprint density at radius 3 is 2.73 bits per heavy atom. The largest absolute Gasteiger partial charge is 0.493 e. The van der Waals surface area contributed by atoms with E-state index in [0.717, 1.165) is 5.56 Å². The average Bonchev–Trinajstić information content (AvgIpc) is 2.20. The monoisotopic (exact) mass is 210 g/mol. The second-order valence-electron chi connectivity index (χ2n) is 3.21. The summed E-state index contributed by atoms with van der Waals surface area (Å²) in [5, 5.41) is 17.3. The van der Waals surface area contributed by atoms with Gasteiger partial charge in [0.15, 0.2) is 0 Å². The van der Waals surface area contributed by atoms with Crippen molar-refractivity contribution in [3.05, 3.63) is 29.3 Å². The van der Waals surface area contributed by atoms with Crippen LogP contribution in [0, 0.1) is 6.92 Å². The van der Waals surface area contributed by atoms with Gasteiger partial charge in [-0.15, -0.1) is 0 Å². The highest BCUT2D eigenvalue weighted by Crippen LogP contribution is 2.19. The topological polar surface area (TPSA) is 66.8 Å². The number of ether oxygens (including phenoxy) is 1. The van der Waals surface area contributed by atoms with Crippen molar-refractivity contribution in [2.45, 2.75) is 13.3 Å². The molecule has 1 rings (SSSR count). The van der Waals surface area contributed by atoms with E-state index < -0.39 is 5.97 Å². The van der Waals surface area contributed by atoms with Gasteiger partial charge >= 0.3 is 5.97 Å². The van der Waals surface area contributed by atoms with E-state index in [-0.39, 0.29) is 12.2 Å². The predicted molar refractivity (Wildman–Crippen MR) is 55.3 cm³/mol. The van der Waals surface area contributed by atoms with Crippen molar-refractivity contribution in [3.63, 3.8) is 0 Å². The fourth-order valence-corrected chi connectivity index (χ4v) is 1.19. The third-order valence-electron chi connectivity index (χ3n) is 1.98. The van der Waals surface area contributed by atoms with Gasteiger partial charge in [0.25, 0.3) is 0 Å². The lowest BCUT2D eigenvalue weighted by Crippen LogP contribution is -2.02. The molecule has 0 bridgehead atoms. The third kappa shape index (κ3) is 3.25. The molecule has 0 aliphatic carbocycles. The lowest BCUT2D eigenvalue weighted by atomic mass is 10.1. The molecule has 15 heavy (non-hydrogen) atoms. The van der Waals surface area contributed by atoms with E-state index in [1.54, 1.807) is 19.1 Å². The lowest BCUT2D eigenvalue weighted by molar-refractivity contribution is 0.0696. The molecule has 0 saturated heterocycles. The molecule has 82 valence electrons. The summed E-state index contributed by atoms with van der Waals surface area (Å²) in [5.74, 6) is -0.284. The Hall–Kier alpha value is -1.55. The average molecular weight is 210 g/mol. The summed E-state index contributed by atoms with van der Waals surface area (Å²) < 4.78 is 5.36. The van der Waals surface area contributed by atoms with Crippen molar-refractivity contribution in [2.24, 2.45) is 0 Å². The number of rotatable bonds is 5. The minimum absolute atomic E-state index is 0.0895. The molecular formula is C11H14O4. The molecule has 0 atom stereocenters. The van der Waals surface area contributed by atoms with Gasteiger partial charge in [-0.3, -0.25) is 0 Å². The van der Waals surface area contributed by atoms with E-state index in [2.05, 4.69) is 0 Å². The first-order valence-corrected chi connectivity index (χ1v) is 4.72. The molecule has 0 unspecified atom stereocenters. The minimum Gasteiger partial charge on any atom is -0.493 e. The number of aryl methyl sites for hydroxylation is 1. The highest BCUT2D eigenvalue weighted by molar-refractivity contribution is 5.88. The molecule has 1 aromatic carbocycles. The second-order valence-corrected chi connectivity index (χ2v) is 3.21. The van der Waals surface area contributed by atoms with Gasteiger partial charge in [0.05, 0.1) is 12.2 Å². The standard InChI is InChI=1S/C11H14O4/c1-8-7-9(11(13)14)3-4-10(8)15-6-2-5-12/h3-4,7,12H,2,5-6H2,1H3,(H,13,14). The van der Waals surface area contributed by atoms with E-state index in [1.165, 1.54) is 6.07 Å². The number of aliphatic hydroxyl groups excluding tert-OH is 1. The van der Waals surface area contributed by atoms with Crippen molar-refractivity contribution in [2.75, 3.05) is 13.2 Å². The molecule has 0 saturated carbocycles. The molecule has 0 spiro atoms. The van der Waals surface area contributed by atoms with Crippen LogP contribution < -0.4 is 4.74 Å². The highest BCUT2D eigenvalue weighted by atomic mass is 16.5. The van der Waals surface area contributed by atoms with Crippen LogP contribution in [0.3, 0.4) is 0 Å². The van der Waals surface area contributed by atoms with Crippen molar-refractivity contribution in [1.29, 1.82) is 0 Å². The summed E-state index contributed by atoms with van der Waals surface area (Å²) in [7, 11) is 0. The maximum atomic E-state index is 10.7. The summed E-state index contributed by atoms with van der Waals surface area (Å²) in [5.41, 5.74) is 1.04. The molecule has 4 heteroatoms. The first-order chi connectivity index (χ1) is 7.15. The lowest BCUT2D eigenvalue weighted by Gasteiger charge is -2.08. The summed E-state index contributed by atoms with van der Waals surface area (Å²) >= 11 is 0. The van der Waals surface area contributed by atoms with Crippen LogP contribution in [0.15, 0.2) is 18.2 Å². The Labute approximate surface area is 88.1 Å². The molecule has 0 amide bonds. The molecule has 0 aromatic heterocycles. The van der Waals surface area contributed by atoms with Gasteiger partial charge < -0.3 is 14.9 Å². The fourth-order valence-electron chi connectivity index (χ4n) is 1.19. The summed E-state index contributed by atoms with van der Waals surface area (Å²) in [6, 6.07) is 4.70. The molecular weight excluding hydrogens is 196 g/mol. The maximum absolute atomic E-state index is 10.7. The summed E-state index contributed by atoms with van der Waals surface area (Å²) in [4.78, 5) is 10.7. The Kier molecular flexibility index (Phi) is 4.12. The number of carbonyl (C=O) groups is 1. The number of carboxylic acid groups (broad SMARTS) is 1. The smallest absolute Gasteiger partial charge is 0.335 e. The molecule has 4 nitrogen and oxygen atoms in total. The van der Waals surface area contributed by atoms with Crippen molar-refractivity contribution in [1.82, 2.24) is 0 Å². The number of carboxylic acids is 1. The summed E-state index contributed by atoms with van der Waals surface area (Å²) in [6.45, 7) is 2.32. The van der Waals surface area contributed by atoms with E-state index in [0.29, 0.717) is 18.8 Å². The molecule has 0 aliphatic heterocycles. The van der Waals surface area contributed by atoms with Crippen LogP contribution in [-0.4, -0.2) is 29.4 Å². The van der Waals surface area contributed by atoms with Crippen molar-refractivity contribution >= 4 is 5.97 Å². The zero-order valence-electron chi connectivity index (χ0n) is 8.56. The van der Waals surface area contributed by atoms with Crippen LogP contribution in [0.5, 0.6) is 5.75 Å². The Morgan fingerprint density at radius 2 is 2.20 bits per heavy atom. The van der Waals surface area contributed by atoms with Gasteiger partial charge in [-0.1, -0.05) is 0 Å². The first-order valence-electron chi connectivity index (χ1n) is 4.72. The van der Waals surface area contributed by atoms with E-state index in [4.69, 9.17) is 14.9 Å². The van der Waals surface area contributed by atoms with Crippen LogP contribution in [0.25, 0.3) is 0 Å². The first kappa shape index (κ1) is 11.5. The second kappa shape index (κ2) is 5.36. The Morgan fingerprint density at radius 1 is 1.47 bits per heavy atom. The zero-order chi connectivity index (χ0) is 11.3. The van der Waals surface area contributed by atoms with Gasteiger partial charge in [0.2, 0.25) is 0 Å². The van der Waals surface area contributed by atoms with Gasteiger partial charge in [0, 0.05) is 13.0 Å². The van der Waals surface area contributed by atoms with Gasteiger partial charge in [-0.05, 0) is 30.7 Å². The van der Waals surface area contributed by atoms with E-state index in [1.807, 2.05) is 0 Å². The molecule has 0 fully saturated rings. The Bertz CT molecular complexity index is 346. The number of hydrogen-bond acceptors (Lipinski definition) is 3. The number of aliphatic hydroxyl groups is 1. The van der Waals surface area contributed by atoms with Crippen LogP contribution in [-0.2, 0) is 0 Å². The van der Waals surface area contributed by atoms with Crippen LogP contribution in [0.1, 0.15) is 22.3 Å². The van der Waals surface area contributed by atoms with Crippen LogP contribution >= 0.6 is 0 Å². The quantitative estimate of drug-likeness (QED) is 0.722. The van der Waals surface area contributed by atoms with E-state index in [9.17, 15) is 4.79 Å². The third-order valence-corrected chi connectivity index (χ3v) is 1.98. The molecule has 0 radical (unpaired) electrons. The molecule has 0 aliphatic rings. The van der Waals surface area contributed by atoms with Crippen molar-refractivity contribution < 1.29 is 19.7 Å². The minimum atomic E-state index is -0.944. The Balaban J connectivity index is 2.70. The van der Waals surface area contributed by atoms with Gasteiger partial charge in [-0.25, -0.2) is 4.79 Å². The summed E-state index contributed by atoms with van der Waals surface area (Å²) in [6.07, 6.45) is 0.570. The van der Waals surface area contributed by atoms with Gasteiger partial charge in [0.1, 0.15) is 5.75 Å².